The van der Waals surface area contributed by atoms with Crippen LogP contribution in [0.15, 0.2) is 0 Å². The van der Waals surface area contributed by atoms with Crippen LogP contribution in [0, 0.1) is 0 Å². The first-order valence-electron chi connectivity index (χ1n) is 17.9. The van der Waals surface area contributed by atoms with Gasteiger partial charge in [0.05, 0.1) is 79.3 Å². The first kappa shape index (κ1) is 39.9. The third-order valence-electron chi connectivity index (χ3n) is 10.00. The van der Waals surface area contributed by atoms with Crippen LogP contribution in [0.5, 0.6) is 0 Å². The SMILES string of the molecule is CC(C)(C)[Si](C)(C)OC1[C@H]2OC3OC([C@H]2OCC(=O)N2CCOCCOCCOCC2)[C@H](OCC(=O)N2CCOCCOCCOCC2)[C@H]1O3. The summed E-state index contributed by atoms with van der Waals surface area (Å²) in [5.41, 5.74) is 0. The van der Waals surface area contributed by atoms with Gasteiger partial charge in [-0.15, -0.1) is 0 Å². The largest absolute Gasteiger partial charge is 0.408 e. The second-order valence-corrected chi connectivity index (χ2v) is 19.2. The van der Waals surface area contributed by atoms with Gasteiger partial charge in [0.15, 0.2) is 8.32 Å². The molecular weight excluding hydrogens is 676 g/mol. The smallest absolute Gasteiger partial charge is 0.272 e. The van der Waals surface area contributed by atoms with Gasteiger partial charge in [-0.1, -0.05) is 20.8 Å². The van der Waals surface area contributed by atoms with Crippen molar-refractivity contribution in [3.63, 3.8) is 0 Å². The minimum Gasteiger partial charge on any atom is -0.408 e. The van der Waals surface area contributed by atoms with Crippen LogP contribution in [-0.4, -0.2) is 192 Å². The Kier molecular flexibility index (Phi) is 15.3. The molecule has 50 heavy (non-hydrogen) atoms. The molecule has 17 heteroatoms. The number of carbonyl (C=O) groups excluding carboxylic acids is 2. The van der Waals surface area contributed by atoms with Crippen molar-refractivity contribution < 1.29 is 66.1 Å². The number of rotatable bonds is 8. The first-order chi connectivity index (χ1) is 24.0. The van der Waals surface area contributed by atoms with Crippen molar-refractivity contribution in [1.82, 2.24) is 9.80 Å². The predicted octanol–water partition coefficient (Wildman–Crippen LogP) is 0.411. The van der Waals surface area contributed by atoms with Crippen LogP contribution >= 0.6 is 0 Å². The van der Waals surface area contributed by atoms with E-state index in [9.17, 15) is 9.59 Å². The fourth-order valence-corrected chi connectivity index (χ4v) is 7.42. The van der Waals surface area contributed by atoms with Gasteiger partial charge < -0.3 is 66.3 Å². The number of nitrogens with zero attached hydrogens (tertiary/aromatic N) is 2. The standard InChI is InChI=1S/C33H58N2O14Si/c1-33(2,3)50(4,5)49-31-29-26(44-22-24(36)34-6-10-38-14-18-42-19-15-39-11-7-34)28-27(30(31)48-32(46-28)47-29)45-23-25(37)35-8-12-40-16-20-43-21-17-41-13-9-35/h26-32H,6-23H2,1-5H3/t26-,27+,28?,29+,30-,31?,32?. The van der Waals surface area contributed by atoms with Gasteiger partial charge in [0.1, 0.15) is 49.8 Å². The fourth-order valence-electron chi connectivity index (χ4n) is 6.12. The third kappa shape index (κ3) is 10.9. The van der Waals surface area contributed by atoms with Crippen LogP contribution < -0.4 is 0 Å². The number of hydrogen-bond donors (Lipinski definition) is 0. The summed E-state index contributed by atoms with van der Waals surface area (Å²) in [6, 6.07) is 0. The molecule has 0 aromatic rings. The van der Waals surface area contributed by atoms with Crippen molar-refractivity contribution in [2.24, 2.45) is 0 Å². The summed E-state index contributed by atoms with van der Waals surface area (Å²) in [6.45, 7) is 16.1. The van der Waals surface area contributed by atoms with Crippen LogP contribution in [-0.2, 0) is 66.1 Å². The first-order valence-corrected chi connectivity index (χ1v) is 20.9. The van der Waals surface area contributed by atoms with E-state index in [0.29, 0.717) is 105 Å². The zero-order chi connectivity index (χ0) is 35.6. The molecule has 5 aliphatic heterocycles. The van der Waals surface area contributed by atoms with Gasteiger partial charge in [-0.2, -0.15) is 0 Å². The molecule has 0 aromatic heterocycles. The van der Waals surface area contributed by atoms with Gasteiger partial charge in [0, 0.05) is 26.2 Å². The van der Waals surface area contributed by atoms with Crippen molar-refractivity contribution in [3.8, 4) is 0 Å². The average Bonchev–Trinajstić information content (AvgIpc) is 3.05. The summed E-state index contributed by atoms with van der Waals surface area (Å²) in [5, 5.41) is -0.106. The zero-order valence-electron chi connectivity index (χ0n) is 30.4. The summed E-state index contributed by atoms with van der Waals surface area (Å²) < 4.78 is 71.8. The van der Waals surface area contributed by atoms with E-state index in [4.69, 9.17) is 56.5 Å². The Balaban J connectivity index is 1.28. The maximum Gasteiger partial charge on any atom is 0.272 e. The van der Waals surface area contributed by atoms with Gasteiger partial charge in [-0.05, 0) is 18.1 Å². The van der Waals surface area contributed by atoms with Crippen LogP contribution in [0.1, 0.15) is 20.8 Å². The molecule has 0 N–H and O–H groups in total. The Morgan fingerprint density at radius 2 is 0.880 bits per heavy atom. The molecule has 6 fully saturated rings. The van der Waals surface area contributed by atoms with Gasteiger partial charge in [-0.25, -0.2) is 0 Å². The highest BCUT2D eigenvalue weighted by molar-refractivity contribution is 6.74. The van der Waals surface area contributed by atoms with E-state index >= 15 is 0 Å². The zero-order valence-corrected chi connectivity index (χ0v) is 31.4. The number of carbonyl (C=O) groups is 2. The lowest BCUT2D eigenvalue weighted by atomic mass is 9.82. The number of amides is 2. The van der Waals surface area contributed by atoms with Crippen molar-refractivity contribution in [2.75, 3.05) is 119 Å². The molecule has 7 atom stereocenters. The third-order valence-corrected chi connectivity index (χ3v) is 14.5. The molecule has 6 rings (SSSR count). The topological polar surface area (TPSA) is 151 Å². The molecule has 3 unspecified atom stereocenters. The Hall–Kier alpha value is -1.32. The van der Waals surface area contributed by atoms with E-state index in [1.165, 1.54) is 0 Å². The summed E-state index contributed by atoms with van der Waals surface area (Å²) >= 11 is 0. The quantitative estimate of drug-likeness (QED) is 0.317. The molecule has 1 aliphatic carbocycles. The minimum absolute atomic E-state index is 0.106. The Morgan fingerprint density at radius 3 is 1.22 bits per heavy atom. The van der Waals surface area contributed by atoms with Crippen molar-refractivity contribution in [3.05, 3.63) is 0 Å². The van der Waals surface area contributed by atoms with E-state index in [2.05, 4.69) is 33.9 Å². The van der Waals surface area contributed by atoms with E-state index in [0.717, 1.165) is 0 Å². The normalized spacial score (nSPS) is 32.8. The average molecular weight is 735 g/mol. The summed E-state index contributed by atoms with van der Waals surface area (Å²) in [6.07, 6.45) is -3.79. The Morgan fingerprint density at radius 1 is 0.560 bits per heavy atom. The van der Waals surface area contributed by atoms with E-state index in [1.807, 2.05) is 0 Å². The van der Waals surface area contributed by atoms with Gasteiger partial charge >= 0.3 is 0 Å². The van der Waals surface area contributed by atoms with Gasteiger partial charge in [0.2, 0.25) is 11.8 Å². The lowest BCUT2D eigenvalue weighted by Crippen LogP contribution is -2.77. The Labute approximate surface area is 296 Å². The molecule has 0 spiro atoms. The van der Waals surface area contributed by atoms with Crippen LogP contribution in [0.3, 0.4) is 0 Å². The molecule has 2 amide bonds. The number of ether oxygens (including phenoxy) is 11. The fraction of sp³-hybridized carbons (Fsp3) is 0.939. The maximum atomic E-state index is 13.5. The van der Waals surface area contributed by atoms with Crippen molar-refractivity contribution in [2.45, 2.75) is 82.0 Å². The monoisotopic (exact) mass is 734 g/mol. The second-order valence-electron chi connectivity index (χ2n) is 14.4. The van der Waals surface area contributed by atoms with Crippen LogP contribution in [0.25, 0.3) is 0 Å². The molecule has 5 heterocycles. The highest BCUT2D eigenvalue weighted by atomic mass is 28.4. The molecule has 16 nitrogen and oxygen atoms in total. The lowest BCUT2D eigenvalue weighted by molar-refractivity contribution is -0.483. The maximum absolute atomic E-state index is 13.5. The molecule has 4 bridgehead atoms. The molecule has 288 valence electrons. The van der Waals surface area contributed by atoms with Gasteiger partial charge in [0.25, 0.3) is 6.48 Å². The van der Waals surface area contributed by atoms with Gasteiger partial charge in [-0.3, -0.25) is 9.59 Å². The second kappa shape index (κ2) is 19.1. The minimum atomic E-state index is -2.36. The summed E-state index contributed by atoms with van der Waals surface area (Å²) in [7, 11) is -2.36. The molecule has 1 saturated carbocycles. The lowest BCUT2D eigenvalue weighted by Gasteiger charge is -2.60. The molecular formula is C33H58N2O14Si. The summed E-state index contributed by atoms with van der Waals surface area (Å²) in [4.78, 5) is 30.4. The molecule has 5 saturated heterocycles. The highest BCUT2D eigenvalue weighted by Crippen LogP contribution is 2.47. The van der Waals surface area contributed by atoms with E-state index in [-0.39, 0.29) is 30.1 Å². The molecule has 0 aromatic carbocycles. The van der Waals surface area contributed by atoms with E-state index < -0.39 is 51.4 Å². The van der Waals surface area contributed by atoms with Crippen LogP contribution in [0.4, 0.5) is 0 Å². The van der Waals surface area contributed by atoms with Crippen LogP contribution in [0.2, 0.25) is 18.1 Å². The Bertz CT molecular complexity index is 978. The summed E-state index contributed by atoms with van der Waals surface area (Å²) in [5.74, 6) is -0.423. The van der Waals surface area contributed by atoms with Crippen molar-refractivity contribution >= 4 is 20.1 Å². The molecule has 6 aliphatic rings. The molecule has 0 radical (unpaired) electrons. The predicted molar refractivity (Wildman–Crippen MR) is 178 cm³/mol. The number of hydrogen-bond acceptors (Lipinski definition) is 14. The van der Waals surface area contributed by atoms with E-state index in [1.54, 1.807) is 9.80 Å². The highest BCUT2D eigenvalue weighted by Gasteiger charge is 2.65. The van der Waals surface area contributed by atoms with Crippen molar-refractivity contribution in [1.29, 1.82) is 0 Å².